The second-order valence-corrected chi connectivity index (χ2v) is 6.76. The van der Waals surface area contributed by atoms with Crippen molar-refractivity contribution in [3.05, 3.63) is 57.0 Å². The zero-order valence-corrected chi connectivity index (χ0v) is 16.1. The minimum atomic E-state index is -4.52. The Morgan fingerprint density at radius 2 is 1.96 bits per heavy atom. The van der Waals surface area contributed by atoms with E-state index in [2.05, 4.69) is 21.2 Å². The molecular weight excluding hydrogens is 435 g/mol. The second kappa shape index (κ2) is 8.77. The molecule has 2 rings (SSSR count). The van der Waals surface area contributed by atoms with Gasteiger partial charge in [0.2, 0.25) is 0 Å². The standard InChI is InChI=1S/C18H16BrClF3NO2/c1-2-3-8-26-16-7-4-11(9-13(16)19)17(25)24-15-10-12(18(21,22)23)5-6-14(15)20/h4-7,9-10H,2-3,8H2,1H3,(H,24,25). The lowest BCUT2D eigenvalue weighted by atomic mass is 10.1. The third-order valence-corrected chi connectivity index (χ3v) is 4.44. The lowest BCUT2D eigenvalue weighted by Gasteiger charge is -2.12. The molecule has 0 heterocycles. The Bertz CT molecular complexity index is 796. The fourth-order valence-electron chi connectivity index (χ4n) is 2.08. The van der Waals surface area contributed by atoms with Crippen molar-refractivity contribution in [2.45, 2.75) is 25.9 Å². The summed E-state index contributed by atoms with van der Waals surface area (Å²) >= 11 is 9.22. The van der Waals surface area contributed by atoms with Crippen LogP contribution in [-0.2, 0) is 6.18 Å². The maximum Gasteiger partial charge on any atom is 0.416 e. The van der Waals surface area contributed by atoms with E-state index >= 15 is 0 Å². The third-order valence-electron chi connectivity index (χ3n) is 3.49. The van der Waals surface area contributed by atoms with Crippen molar-refractivity contribution in [3.63, 3.8) is 0 Å². The van der Waals surface area contributed by atoms with Crippen LogP contribution in [0.5, 0.6) is 5.75 Å². The third kappa shape index (κ3) is 5.38. The molecular formula is C18H16BrClF3NO2. The number of carbonyl (C=O) groups is 1. The van der Waals surface area contributed by atoms with Crippen LogP contribution in [0, 0.1) is 0 Å². The molecule has 1 amide bonds. The highest BCUT2D eigenvalue weighted by molar-refractivity contribution is 9.10. The molecule has 8 heteroatoms. The molecule has 1 N–H and O–H groups in total. The lowest BCUT2D eigenvalue weighted by molar-refractivity contribution is -0.137. The topological polar surface area (TPSA) is 38.3 Å². The SMILES string of the molecule is CCCCOc1ccc(C(=O)Nc2cc(C(F)(F)F)ccc2Cl)cc1Br. The van der Waals surface area contributed by atoms with E-state index < -0.39 is 17.6 Å². The molecule has 2 aromatic carbocycles. The van der Waals surface area contributed by atoms with Crippen molar-refractivity contribution in [3.8, 4) is 5.75 Å². The summed E-state index contributed by atoms with van der Waals surface area (Å²) < 4.78 is 44.6. The normalized spacial score (nSPS) is 11.3. The number of ether oxygens (including phenoxy) is 1. The molecule has 26 heavy (non-hydrogen) atoms. The molecule has 0 spiro atoms. The zero-order chi connectivity index (χ0) is 19.3. The maximum absolute atomic E-state index is 12.8. The van der Waals surface area contributed by atoms with Gasteiger partial charge in [-0.25, -0.2) is 0 Å². The van der Waals surface area contributed by atoms with Crippen molar-refractivity contribution < 1.29 is 22.7 Å². The van der Waals surface area contributed by atoms with E-state index in [-0.39, 0.29) is 16.3 Å². The Balaban J connectivity index is 2.16. The molecule has 0 atom stereocenters. The molecule has 0 unspecified atom stereocenters. The van der Waals surface area contributed by atoms with E-state index in [0.717, 1.165) is 31.0 Å². The van der Waals surface area contributed by atoms with Crippen molar-refractivity contribution in [2.24, 2.45) is 0 Å². The van der Waals surface area contributed by atoms with Crippen LogP contribution in [0.4, 0.5) is 18.9 Å². The minimum absolute atomic E-state index is 0.0185. The van der Waals surface area contributed by atoms with E-state index in [4.69, 9.17) is 16.3 Å². The van der Waals surface area contributed by atoms with Gasteiger partial charge in [-0.3, -0.25) is 4.79 Å². The van der Waals surface area contributed by atoms with Crippen molar-refractivity contribution in [1.29, 1.82) is 0 Å². The second-order valence-electron chi connectivity index (χ2n) is 5.49. The molecule has 0 radical (unpaired) electrons. The molecule has 0 aromatic heterocycles. The summed E-state index contributed by atoms with van der Waals surface area (Å²) in [4.78, 5) is 12.3. The fourth-order valence-corrected chi connectivity index (χ4v) is 2.74. The van der Waals surface area contributed by atoms with Crippen LogP contribution < -0.4 is 10.1 Å². The summed E-state index contributed by atoms with van der Waals surface area (Å²) in [6.45, 7) is 2.60. The number of amides is 1. The number of alkyl halides is 3. The van der Waals surface area contributed by atoms with Crippen LogP contribution >= 0.6 is 27.5 Å². The Hall–Kier alpha value is -1.73. The highest BCUT2D eigenvalue weighted by Gasteiger charge is 2.31. The zero-order valence-electron chi connectivity index (χ0n) is 13.8. The summed E-state index contributed by atoms with van der Waals surface area (Å²) in [6.07, 6.45) is -2.62. The lowest BCUT2D eigenvalue weighted by Crippen LogP contribution is -2.14. The predicted octanol–water partition coefficient (Wildman–Crippen LogP) is 6.55. The van der Waals surface area contributed by atoms with Gasteiger partial charge in [0.25, 0.3) is 5.91 Å². The van der Waals surface area contributed by atoms with Gasteiger partial charge in [-0.15, -0.1) is 0 Å². The predicted molar refractivity (Wildman–Crippen MR) is 99.0 cm³/mol. The van der Waals surface area contributed by atoms with E-state index in [1.165, 1.54) is 12.1 Å². The minimum Gasteiger partial charge on any atom is -0.492 e. The van der Waals surface area contributed by atoms with Gasteiger partial charge in [0.05, 0.1) is 27.4 Å². The largest absolute Gasteiger partial charge is 0.492 e. The van der Waals surface area contributed by atoms with Crippen molar-refractivity contribution in [1.82, 2.24) is 0 Å². The first kappa shape index (κ1) is 20.6. The Kier molecular flexibility index (Phi) is 6.94. The average molecular weight is 451 g/mol. The van der Waals surface area contributed by atoms with E-state index in [1.807, 2.05) is 6.92 Å². The highest BCUT2D eigenvalue weighted by atomic mass is 79.9. The first-order valence-corrected chi connectivity index (χ1v) is 9.00. The average Bonchev–Trinajstić information content (AvgIpc) is 2.57. The summed E-state index contributed by atoms with van der Waals surface area (Å²) in [5, 5.41) is 2.42. The molecule has 3 nitrogen and oxygen atoms in total. The number of halogens is 5. The Morgan fingerprint density at radius 1 is 1.23 bits per heavy atom. The van der Waals surface area contributed by atoms with Crippen LogP contribution in [0.25, 0.3) is 0 Å². The van der Waals surface area contributed by atoms with E-state index in [1.54, 1.807) is 6.07 Å². The first-order valence-electron chi connectivity index (χ1n) is 7.83. The molecule has 2 aromatic rings. The number of unbranched alkanes of at least 4 members (excludes halogenated alkanes) is 1. The van der Waals surface area contributed by atoms with Crippen LogP contribution in [0.3, 0.4) is 0 Å². The van der Waals surface area contributed by atoms with Gasteiger partial charge in [-0.2, -0.15) is 13.2 Å². The molecule has 0 saturated carbocycles. The smallest absolute Gasteiger partial charge is 0.416 e. The highest BCUT2D eigenvalue weighted by Crippen LogP contribution is 2.34. The molecule has 0 fully saturated rings. The monoisotopic (exact) mass is 449 g/mol. The van der Waals surface area contributed by atoms with Crippen LogP contribution in [0.2, 0.25) is 5.02 Å². The van der Waals surface area contributed by atoms with Gasteiger partial charge in [-0.1, -0.05) is 24.9 Å². The number of hydrogen-bond acceptors (Lipinski definition) is 2. The van der Waals surface area contributed by atoms with Crippen LogP contribution in [0.15, 0.2) is 40.9 Å². The van der Waals surface area contributed by atoms with Gasteiger partial charge in [0, 0.05) is 5.56 Å². The molecule has 0 aliphatic heterocycles. The fraction of sp³-hybridized carbons (Fsp3) is 0.278. The summed E-state index contributed by atoms with van der Waals surface area (Å²) in [5.74, 6) is 0.0131. The quantitative estimate of drug-likeness (QED) is 0.507. The van der Waals surface area contributed by atoms with Gasteiger partial charge >= 0.3 is 6.18 Å². The number of hydrogen-bond donors (Lipinski definition) is 1. The molecule has 0 aliphatic rings. The Labute approximate surface area is 162 Å². The van der Waals surface area contributed by atoms with Crippen LogP contribution in [0.1, 0.15) is 35.7 Å². The molecule has 140 valence electrons. The molecule has 0 bridgehead atoms. The van der Waals surface area contributed by atoms with Crippen LogP contribution in [-0.4, -0.2) is 12.5 Å². The number of nitrogens with one attached hydrogen (secondary N) is 1. The number of carbonyl (C=O) groups excluding carboxylic acids is 1. The number of anilines is 1. The van der Waals surface area contributed by atoms with E-state index in [0.29, 0.717) is 16.8 Å². The maximum atomic E-state index is 12.8. The van der Waals surface area contributed by atoms with Gasteiger partial charge in [0.15, 0.2) is 0 Å². The summed E-state index contributed by atoms with van der Waals surface area (Å²) in [7, 11) is 0. The number of benzene rings is 2. The molecule has 0 aliphatic carbocycles. The van der Waals surface area contributed by atoms with Crippen molar-refractivity contribution in [2.75, 3.05) is 11.9 Å². The van der Waals surface area contributed by atoms with Gasteiger partial charge < -0.3 is 10.1 Å². The first-order chi connectivity index (χ1) is 12.2. The molecule has 0 saturated heterocycles. The van der Waals surface area contributed by atoms with Gasteiger partial charge in [0.1, 0.15) is 5.75 Å². The van der Waals surface area contributed by atoms with Crippen molar-refractivity contribution >= 4 is 39.1 Å². The summed E-state index contributed by atoms with van der Waals surface area (Å²) in [5.41, 5.74) is -0.739. The van der Waals surface area contributed by atoms with Gasteiger partial charge in [-0.05, 0) is 58.7 Å². The number of rotatable bonds is 6. The van der Waals surface area contributed by atoms with E-state index in [9.17, 15) is 18.0 Å². The Morgan fingerprint density at radius 3 is 2.58 bits per heavy atom. The summed E-state index contributed by atoms with van der Waals surface area (Å²) in [6, 6.07) is 7.46.